The first kappa shape index (κ1) is 30.1. The summed E-state index contributed by atoms with van der Waals surface area (Å²) in [5, 5.41) is 25.6. The number of nitrogens with one attached hydrogen (secondary N) is 1. The topological polar surface area (TPSA) is 102 Å². The largest absolute Gasteiger partial charge is 0.433 e. The molecule has 1 saturated carbocycles. The molecule has 2 aromatic carbocycles. The maximum atomic E-state index is 14.1. The lowest BCUT2D eigenvalue weighted by Crippen LogP contribution is -2.53. The van der Waals surface area contributed by atoms with Crippen molar-refractivity contribution < 1.29 is 32.9 Å². The van der Waals surface area contributed by atoms with Gasteiger partial charge in [-0.2, -0.15) is 13.2 Å². The summed E-state index contributed by atoms with van der Waals surface area (Å²) in [5.41, 5.74) is -0.395. The average Bonchev–Trinajstić information content (AvgIpc) is 3.45. The van der Waals surface area contributed by atoms with E-state index in [0.717, 1.165) is 34.1 Å². The molecule has 1 aliphatic rings. The molecular weight excluding hydrogens is 551 g/mol. The first-order valence-electron chi connectivity index (χ1n) is 14.2. The number of rotatable bonds is 12. The minimum absolute atomic E-state index is 0.216. The second-order valence-electron chi connectivity index (χ2n) is 10.7. The highest BCUT2D eigenvalue weighted by Gasteiger charge is 2.56. The summed E-state index contributed by atoms with van der Waals surface area (Å²) >= 11 is 0. The molecule has 5 rings (SSSR count). The first-order chi connectivity index (χ1) is 20.2. The molecule has 4 aromatic rings. The summed E-state index contributed by atoms with van der Waals surface area (Å²) in [6.07, 6.45) is -5.66. The zero-order chi connectivity index (χ0) is 30.0. The maximum absolute atomic E-state index is 14.1. The van der Waals surface area contributed by atoms with Crippen molar-refractivity contribution in [1.29, 1.82) is 0 Å². The van der Waals surface area contributed by atoms with Crippen molar-refractivity contribution in [3.05, 3.63) is 87.5 Å². The second kappa shape index (κ2) is 12.5. The monoisotopic (exact) mass is 587 g/mol. The van der Waals surface area contributed by atoms with E-state index in [1.807, 2.05) is 35.8 Å². The number of unbranched alkanes of at least 4 members (excludes halogenated alkanes) is 1. The van der Waals surface area contributed by atoms with E-state index >= 15 is 0 Å². The van der Waals surface area contributed by atoms with Crippen LogP contribution in [0.3, 0.4) is 0 Å². The molecule has 1 fully saturated rings. The number of halogens is 3. The molecule has 2 heterocycles. The van der Waals surface area contributed by atoms with Crippen molar-refractivity contribution in [1.82, 2.24) is 14.3 Å². The SMILES string of the molecule is CCCCOCCOCCn1c(C)c(C2C(O)C(c3c(C(F)(F)F)[nH]n(-c4ccccc4)c3=O)C2O)c2ccccc21. The number of hydrogen-bond donors (Lipinski definition) is 3. The summed E-state index contributed by atoms with van der Waals surface area (Å²) in [7, 11) is 0. The number of para-hydroxylation sites is 2. The third kappa shape index (κ3) is 5.54. The number of hydrogen-bond acceptors (Lipinski definition) is 5. The van der Waals surface area contributed by atoms with Crippen LogP contribution in [-0.4, -0.2) is 63.2 Å². The fourth-order valence-corrected chi connectivity index (χ4v) is 6.01. The Bertz CT molecular complexity index is 1550. The molecule has 0 bridgehead atoms. The molecule has 0 spiro atoms. The Kier molecular flexibility index (Phi) is 8.93. The van der Waals surface area contributed by atoms with E-state index < -0.39 is 47.0 Å². The number of H-pyrrole nitrogens is 1. The van der Waals surface area contributed by atoms with E-state index in [2.05, 4.69) is 12.0 Å². The molecule has 1 aliphatic carbocycles. The number of aromatic nitrogens is 3. The highest BCUT2D eigenvalue weighted by atomic mass is 19.4. The number of aromatic amines is 1. The standard InChI is InChI=1S/C31H36F3N3O5/c1-3-4-15-41-17-18-42-16-14-36-19(2)23(21-12-8-9-13-22(21)36)24-27(38)25(28(24)39)26-29(31(32,33)34)35-37(30(26)40)20-10-6-5-7-11-20/h5-13,24-25,27-28,35,38-39H,3-4,14-18H2,1-2H3. The van der Waals surface area contributed by atoms with Gasteiger partial charge in [-0.1, -0.05) is 49.7 Å². The van der Waals surface area contributed by atoms with Crippen LogP contribution in [0.4, 0.5) is 13.2 Å². The molecule has 0 aliphatic heterocycles. The van der Waals surface area contributed by atoms with Gasteiger partial charge in [0, 0.05) is 41.6 Å². The van der Waals surface area contributed by atoms with Crippen LogP contribution in [0.25, 0.3) is 16.6 Å². The first-order valence-corrected chi connectivity index (χ1v) is 14.2. The molecule has 0 radical (unpaired) electrons. The Morgan fingerprint density at radius 3 is 2.17 bits per heavy atom. The Morgan fingerprint density at radius 2 is 1.50 bits per heavy atom. The summed E-state index contributed by atoms with van der Waals surface area (Å²) in [5.74, 6) is -2.30. The van der Waals surface area contributed by atoms with Crippen LogP contribution in [-0.2, 0) is 22.2 Å². The quantitative estimate of drug-likeness (QED) is 0.205. The van der Waals surface area contributed by atoms with Crippen LogP contribution in [0, 0.1) is 6.92 Å². The lowest BCUT2D eigenvalue weighted by Gasteiger charge is -2.46. The second-order valence-corrected chi connectivity index (χ2v) is 10.7. The number of nitrogens with zero attached hydrogens (tertiary/aromatic N) is 2. The molecular formula is C31H36F3N3O5. The van der Waals surface area contributed by atoms with Gasteiger partial charge in [-0.3, -0.25) is 9.89 Å². The molecule has 2 aromatic heterocycles. The zero-order valence-corrected chi connectivity index (χ0v) is 23.6. The van der Waals surface area contributed by atoms with Crippen LogP contribution in [0.5, 0.6) is 0 Å². The van der Waals surface area contributed by atoms with E-state index in [-0.39, 0.29) is 5.69 Å². The third-order valence-corrected chi connectivity index (χ3v) is 8.12. The summed E-state index contributed by atoms with van der Waals surface area (Å²) in [6.45, 7) is 6.52. The predicted octanol–water partition coefficient (Wildman–Crippen LogP) is 4.88. The van der Waals surface area contributed by atoms with Crippen LogP contribution in [0.15, 0.2) is 59.4 Å². The van der Waals surface area contributed by atoms with Gasteiger partial charge >= 0.3 is 6.18 Å². The number of aliphatic hydroxyl groups is 2. The molecule has 3 N–H and O–H groups in total. The van der Waals surface area contributed by atoms with Gasteiger partial charge in [-0.25, -0.2) is 4.68 Å². The Balaban J connectivity index is 1.41. The highest BCUT2D eigenvalue weighted by Crippen LogP contribution is 2.52. The van der Waals surface area contributed by atoms with Crippen molar-refractivity contribution in [2.45, 2.75) is 63.5 Å². The van der Waals surface area contributed by atoms with Gasteiger partial charge in [-0.05, 0) is 37.1 Å². The molecule has 0 amide bonds. The van der Waals surface area contributed by atoms with Crippen LogP contribution < -0.4 is 5.56 Å². The average molecular weight is 588 g/mol. The van der Waals surface area contributed by atoms with E-state index in [1.54, 1.807) is 18.2 Å². The number of alkyl halides is 3. The minimum atomic E-state index is -4.90. The molecule has 226 valence electrons. The fourth-order valence-electron chi connectivity index (χ4n) is 6.01. The Morgan fingerprint density at radius 1 is 0.881 bits per heavy atom. The molecule has 0 saturated heterocycles. The van der Waals surface area contributed by atoms with Crippen molar-refractivity contribution in [3.63, 3.8) is 0 Å². The van der Waals surface area contributed by atoms with Gasteiger partial charge < -0.3 is 24.3 Å². The Labute approximate surface area is 241 Å². The normalized spacial score (nSPS) is 20.7. The van der Waals surface area contributed by atoms with Gasteiger partial charge in [0.25, 0.3) is 5.56 Å². The van der Waals surface area contributed by atoms with Gasteiger partial charge in [0.05, 0.1) is 43.3 Å². The van der Waals surface area contributed by atoms with Crippen molar-refractivity contribution >= 4 is 10.9 Å². The number of benzene rings is 2. The van der Waals surface area contributed by atoms with Gasteiger partial charge in [0.15, 0.2) is 0 Å². The van der Waals surface area contributed by atoms with Crippen LogP contribution in [0.1, 0.15) is 54.1 Å². The van der Waals surface area contributed by atoms with Crippen molar-refractivity contribution in [2.24, 2.45) is 0 Å². The number of fused-ring (bicyclic) bond motifs is 1. The molecule has 2 atom stereocenters. The molecule has 11 heteroatoms. The lowest BCUT2D eigenvalue weighted by atomic mass is 9.62. The van der Waals surface area contributed by atoms with Gasteiger partial charge in [-0.15, -0.1) is 0 Å². The van der Waals surface area contributed by atoms with Crippen LogP contribution in [0.2, 0.25) is 0 Å². The van der Waals surface area contributed by atoms with Gasteiger partial charge in [0.1, 0.15) is 5.69 Å². The molecule has 8 nitrogen and oxygen atoms in total. The molecule has 42 heavy (non-hydrogen) atoms. The summed E-state index contributed by atoms with van der Waals surface area (Å²) in [6, 6.07) is 15.4. The third-order valence-electron chi connectivity index (χ3n) is 8.12. The van der Waals surface area contributed by atoms with Crippen molar-refractivity contribution in [2.75, 3.05) is 26.4 Å². The van der Waals surface area contributed by atoms with Gasteiger partial charge in [0.2, 0.25) is 0 Å². The predicted molar refractivity (Wildman–Crippen MR) is 152 cm³/mol. The maximum Gasteiger partial charge on any atom is 0.433 e. The number of ether oxygens (including phenoxy) is 2. The van der Waals surface area contributed by atoms with E-state index in [4.69, 9.17) is 9.47 Å². The number of aliphatic hydroxyl groups excluding tert-OH is 2. The van der Waals surface area contributed by atoms with E-state index in [9.17, 15) is 28.2 Å². The van der Waals surface area contributed by atoms with E-state index in [1.165, 1.54) is 12.1 Å². The summed E-state index contributed by atoms with van der Waals surface area (Å²) < 4.78 is 56.4. The van der Waals surface area contributed by atoms with Crippen LogP contribution >= 0.6 is 0 Å². The Hall–Kier alpha value is -3.38. The highest BCUT2D eigenvalue weighted by molar-refractivity contribution is 5.86. The summed E-state index contributed by atoms with van der Waals surface area (Å²) in [4.78, 5) is 13.3. The fraction of sp³-hybridized carbons (Fsp3) is 0.452. The minimum Gasteiger partial charge on any atom is -0.392 e. The lowest BCUT2D eigenvalue weighted by molar-refractivity contribution is -0.144. The smallest absolute Gasteiger partial charge is 0.392 e. The molecule has 2 unspecified atom stereocenters. The van der Waals surface area contributed by atoms with Crippen molar-refractivity contribution in [3.8, 4) is 5.69 Å². The zero-order valence-electron chi connectivity index (χ0n) is 23.6. The van der Waals surface area contributed by atoms with E-state index in [0.29, 0.717) is 38.5 Å².